The molecule has 2 aliphatic rings. The molecule has 2 amide bonds. The van der Waals surface area contributed by atoms with E-state index in [0.29, 0.717) is 5.92 Å². The number of aromatic nitrogens is 1. The molecule has 0 saturated heterocycles. The van der Waals surface area contributed by atoms with E-state index in [2.05, 4.69) is 35.1 Å². The maximum Gasteiger partial charge on any atom is 0.319 e. The molecule has 0 bridgehead atoms. The van der Waals surface area contributed by atoms with E-state index in [4.69, 9.17) is 4.98 Å². The summed E-state index contributed by atoms with van der Waals surface area (Å²) in [6.45, 7) is 2.09. The number of urea groups is 1. The van der Waals surface area contributed by atoms with Crippen molar-refractivity contribution >= 4 is 22.9 Å². The van der Waals surface area contributed by atoms with E-state index >= 15 is 0 Å². The minimum atomic E-state index is -0.111. The Morgan fingerprint density at radius 2 is 1.93 bits per heavy atom. The van der Waals surface area contributed by atoms with Crippen molar-refractivity contribution in [1.29, 1.82) is 0 Å². The zero-order chi connectivity index (χ0) is 18.6. The van der Waals surface area contributed by atoms with Gasteiger partial charge in [0.2, 0.25) is 0 Å². The number of benzene rings is 1. The summed E-state index contributed by atoms with van der Waals surface area (Å²) in [4.78, 5) is 17.2. The number of nitrogens with zero attached hydrogens (tertiary/aromatic N) is 1. The maximum atomic E-state index is 12.2. The number of carbonyl (C=O) groups is 1. The Balaban J connectivity index is 1.65. The quantitative estimate of drug-likeness (QED) is 0.744. The maximum absolute atomic E-state index is 12.2. The third-order valence-electron chi connectivity index (χ3n) is 5.66. The van der Waals surface area contributed by atoms with Crippen molar-refractivity contribution in [3.05, 3.63) is 57.7 Å². The minimum Gasteiger partial charge on any atom is -0.331 e. The largest absolute Gasteiger partial charge is 0.331 e. The van der Waals surface area contributed by atoms with E-state index in [9.17, 15) is 4.79 Å². The van der Waals surface area contributed by atoms with Crippen LogP contribution in [0.4, 0.5) is 4.79 Å². The molecule has 142 valence electrons. The van der Waals surface area contributed by atoms with Crippen LogP contribution in [-0.2, 0) is 6.42 Å². The van der Waals surface area contributed by atoms with Gasteiger partial charge in [-0.25, -0.2) is 9.78 Å². The van der Waals surface area contributed by atoms with E-state index in [1.54, 1.807) is 11.3 Å². The van der Waals surface area contributed by atoms with Crippen LogP contribution in [0.15, 0.2) is 41.4 Å². The SMILES string of the molecule is CCC1=C(c2nc(C3CCCCC3)cs2)C(Cc2ccccc2)NC(=O)N1. The minimum absolute atomic E-state index is 0.0403. The third-order valence-corrected chi connectivity index (χ3v) is 6.55. The predicted octanol–water partition coefficient (Wildman–Crippen LogP) is 5.24. The number of amides is 2. The molecular weight excluding hydrogens is 354 g/mol. The molecule has 1 atom stereocenters. The third kappa shape index (κ3) is 4.08. The molecule has 1 saturated carbocycles. The van der Waals surface area contributed by atoms with Crippen molar-refractivity contribution in [2.45, 2.75) is 63.8 Å². The molecule has 1 aromatic carbocycles. The van der Waals surface area contributed by atoms with Crippen LogP contribution in [0.1, 0.15) is 67.6 Å². The standard InChI is InChI=1S/C22H27N3OS/c1-2-17-20(21-23-19(14-27-21)16-11-7-4-8-12-16)18(25-22(26)24-17)13-15-9-5-3-6-10-15/h3,5-6,9-10,14,16,18H,2,4,7-8,11-13H2,1H3,(H2,24,25,26). The van der Waals surface area contributed by atoms with Crippen molar-refractivity contribution < 1.29 is 4.79 Å². The van der Waals surface area contributed by atoms with Crippen LogP contribution < -0.4 is 10.6 Å². The topological polar surface area (TPSA) is 54.0 Å². The molecule has 5 heteroatoms. The first-order valence-electron chi connectivity index (χ1n) is 10.0. The average molecular weight is 382 g/mol. The monoisotopic (exact) mass is 381 g/mol. The van der Waals surface area contributed by atoms with Gasteiger partial charge in [-0.1, -0.05) is 56.5 Å². The highest BCUT2D eigenvalue weighted by Crippen LogP contribution is 2.36. The Morgan fingerprint density at radius 1 is 1.15 bits per heavy atom. The predicted molar refractivity (Wildman–Crippen MR) is 111 cm³/mol. The molecule has 0 spiro atoms. The van der Waals surface area contributed by atoms with Crippen LogP contribution in [0.2, 0.25) is 0 Å². The van der Waals surface area contributed by atoms with Crippen molar-refractivity contribution in [1.82, 2.24) is 15.6 Å². The summed E-state index contributed by atoms with van der Waals surface area (Å²) < 4.78 is 0. The Labute approximate surface area is 165 Å². The van der Waals surface area contributed by atoms with Crippen LogP contribution in [0.25, 0.3) is 5.57 Å². The van der Waals surface area contributed by atoms with E-state index in [1.165, 1.54) is 43.4 Å². The first-order chi connectivity index (χ1) is 13.2. The molecular formula is C22H27N3OS. The number of rotatable bonds is 5. The molecule has 0 radical (unpaired) electrons. The second-order valence-electron chi connectivity index (χ2n) is 7.50. The highest BCUT2D eigenvalue weighted by atomic mass is 32.1. The number of hydrogen-bond donors (Lipinski definition) is 2. The Morgan fingerprint density at radius 3 is 2.67 bits per heavy atom. The molecule has 2 heterocycles. The van der Waals surface area contributed by atoms with Crippen molar-refractivity contribution in [2.75, 3.05) is 0 Å². The van der Waals surface area contributed by atoms with Crippen LogP contribution in [0.5, 0.6) is 0 Å². The number of hydrogen-bond acceptors (Lipinski definition) is 3. The molecule has 1 aromatic heterocycles. The number of carbonyl (C=O) groups excluding carboxylic acids is 1. The van der Waals surface area contributed by atoms with E-state index in [0.717, 1.165) is 29.1 Å². The molecule has 4 rings (SSSR count). The summed E-state index contributed by atoms with van der Waals surface area (Å²) >= 11 is 1.72. The van der Waals surface area contributed by atoms with E-state index in [1.807, 2.05) is 18.2 Å². The fourth-order valence-electron chi connectivity index (χ4n) is 4.24. The molecule has 27 heavy (non-hydrogen) atoms. The lowest BCUT2D eigenvalue weighted by molar-refractivity contribution is 0.239. The van der Waals surface area contributed by atoms with Gasteiger partial charge in [0.05, 0.1) is 11.7 Å². The summed E-state index contributed by atoms with van der Waals surface area (Å²) in [5.74, 6) is 0.605. The Bertz CT molecular complexity index is 821. The van der Waals surface area contributed by atoms with Crippen LogP contribution in [0.3, 0.4) is 0 Å². The van der Waals surface area contributed by atoms with Gasteiger partial charge in [0.1, 0.15) is 5.01 Å². The molecule has 1 unspecified atom stereocenters. The highest BCUT2D eigenvalue weighted by Gasteiger charge is 2.30. The number of thiazole rings is 1. The average Bonchev–Trinajstić information content (AvgIpc) is 3.18. The second-order valence-corrected chi connectivity index (χ2v) is 8.36. The zero-order valence-corrected chi connectivity index (χ0v) is 16.6. The summed E-state index contributed by atoms with van der Waals surface area (Å²) in [7, 11) is 0. The smallest absolute Gasteiger partial charge is 0.319 e. The molecule has 2 N–H and O–H groups in total. The van der Waals surface area contributed by atoms with E-state index in [-0.39, 0.29) is 12.1 Å². The number of allylic oxidation sites excluding steroid dienone is 1. The fourth-order valence-corrected chi connectivity index (χ4v) is 5.26. The van der Waals surface area contributed by atoms with Gasteiger partial charge < -0.3 is 10.6 Å². The summed E-state index contributed by atoms with van der Waals surface area (Å²) in [6, 6.07) is 10.2. The lowest BCUT2D eigenvalue weighted by atomic mass is 9.87. The summed E-state index contributed by atoms with van der Waals surface area (Å²) in [6.07, 6.45) is 8.07. The van der Waals surface area contributed by atoms with Gasteiger partial charge in [0, 0.05) is 22.6 Å². The molecule has 1 aliphatic carbocycles. The summed E-state index contributed by atoms with van der Waals surface area (Å²) in [5, 5.41) is 9.43. The number of nitrogens with one attached hydrogen (secondary N) is 2. The van der Waals surface area contributed by atoms with Crippen molar-refractivity contribution in [3.8, 4) is 0 Å². The molecule has 1 fully saturated rings. The van der Waals surface area contributed by atoms with Gasteiger partial charge in [-0.15, -0.1) is 11.3 Å². The highest BCUT2D eigenvalue weighted by molar-refractivity contribution is 7.10. The van der Waals surface area contributed by atoms with Crippen molar-refractivity contribution in [3.63, 3.8) is 0 Å². The van der Waals surface area contributed by atoms with Gasteiger partial charge in [-0.05, 0) is 31.2 Å². The molecule has 2 aromatic rings. The molecule has 4 nitrogen and oxygen atoms in total. The lowest BCUT2D eigenvalue weighted by Crippen LogP contribution is -2.48. The van der Waals surface area contributed by atoms with Crippen LogP contribution >= 0.6 is 11.3 Å². The Kier molecular flexibility index (Phi) is 5.58. The first kappa shape index (κ1) is 18.2. The fraction of sp³-hybridized carbons (Fsp3) is 0.455. The van der Waals surface area contributed by atoms with Gasteiger partial charge in [-0.3, -0.25) is 0 Å². The van der Waals surface area contributed by atoms with Crippen molar-refractivity contribution in [2.24, 2.45) is 0 Å². The summed E-state index contributed by atoms with van der Waals surface area (Å²) in [5.41, 5.74) is 4.63. The van der Waals surface area contributed by atoms with Gasteiger partial charge in [0.25, 0.3) is 0 Å². The van der Waals surface area contributed by atoms with Crippen LogP contribution in [0, 0.1) is 0 Å². The first-order valence-corrected chi connectivity index (χ1v) is 10.9. The van der Waals surface area contributed by atoms with Crippen LogP contribution in [-0.4, -0.2) is 17.1 Å². The van der Waals surface area contributed by atoms with Gasteiger partial charge in [0.15, 0.2) is 0 Å². The molecule has 1 aliphatic heterocycles. The normalized spacial score (nSPS) is 21.1. The van der Waals surface area contributed by atoms with E-state index < -0.39 is 0 Å². The lowest BCUT2D eigenvalue weighted by Gasteiger charge is -2.29. The Hall–Kier alpha value is -2.14. The second kappa shape index (κ2) is 8.26. The van der Waals surface area contributed by atoms with Gasteiger partial charge >= 0.3 is 6.03 Å². The van der Waals surface area contributed by atoms with Gasteiger partial charge in [-0.2, -0.15) is 0 Å². The zero-order valence-electron chi connectivity index (χ0n) is 15.8.